The number of unbranched alkanes of at least 4 members (excludes halogenated alkanes) is 1. The molecule has 11 heavy (non-hydrogen) atoms. The van der Waals surface area contributed by atoms with Gasteiger partial charge in [0.05, 0.1) is 6.61 Å². The Kier molecular flexibility index (Phi) is 7.43. The maximum atomic E-state index is 5.19. The van der Waals surface area contributed by atoms with E-state index in [2.05, 4.69) is 4.90 Å². The summed E-state index contributed by atoms with van der Waals surface area (Å²) in [6.45, 7) is 1.63. The monoisotopic (exact) mass is 200 g/mol. The van der Waals surface area contributed by atoms with Crippen LogP contribution in [-0.2, 0) is 4.84 Å². The van der Waals surface area contributed by atoms with Gasteiger partial charge in [-0.25, -0.2) is 0 Å². The van der Waals surface area contributed by atoms with Crippen molar-refractivity contribution >= 4 is 23.6 Å². The van der Waals surface area contributed by atoms with E-state index in [4.69, 9.17) is 28.4 Å². The number of halogens is 2. The molecule has 0 fully saturated rings. The fourth-order valence-corrected chi connectivity index (χ4v) is 0.802. The highest BCUT2D eigenvalue weighted by Crippen LogP contribution is 2.01. The third kappa shape index (κ3) is 10.5. The van der Waals surface area contributed by atoms with E-state index >= 15 is 0 Å². The molecule has 0 radical (unpaired) electrons. The predicted molar refractivity (Wildman–Crippen MR) is 47.3 cm³/mol. The minimum atomic E-state index is 0.570. The van der Waals surface area contributed by atoms with Crippen LogP contribution in [0.4, 0.5) is 0 Å². The van der Waals surface area contributed by atoms with Crippen molar-refractivity contribution in [3.63, 3.8) is 0 Å². The molecule has 0 spiro atoms. The van der Waals surface area contributed by atoms with Crippen LogP contribution in [0.2, 0.25) is 0 Å². The number of hydrogen-bond acceptors (Lipinski definition) is 3. The summed E-state index contributed by atoms with van der Waals surface area (Å²) in [5, 5.41) is 0. The van der Waals surface area contributed by atoms with Gasteiger partial charge in [-0.3, -0.25) is 4.84 Å². The molecule has 5 heteroatoms. The first-order valence-corrected chi connectivity index (χ1v) is 4.20. The molecular weight excluding hydrogens is 187 g/mol. The Morgan fingerprint density at radius 3 is 2.27 bits per heavy atom. The first-order valence-electron chi connectivity index (χ1n) is 3.52. The summed E-state index contributed by atoms with van der Waals surface area (Å²) < 4.78 is 0.690. The summed E-state index contributed by atoms with van der Waals surface area (Å²) in [6.07, 6.45) is 2.06. The Morgan fingerprint density at radius 2 is 1.82 bits per heavy atom. The molecule has 0 aromatic rings. The lowest BCUT2D eigenvalue weighted by molar-refractivity contribution is -0.0150. The van der Waals surface area contributed by atoms with Gasteiger partial charge in [0.15, 0.2) is 0 Å². The van der Waals surface area contributed by atoms with Gasteiger partial charge in [-0.15, -0.1) is 0 Å². The molecular formula is C6H14Cl2N2O. The SMILES string of the molecule is CN(C)CCCCON(Cl)Cl. The van der Waals surface area contributed by atoms with Gasteiger partial charge >= 0.3 is 0 Å². The van der Waals surface area contributed by atoms with Crippen LogP contribution in [0.3, 0.4) is 0 Å². The number of nitrogens with zero attached hydrogens (tertiary/aromatic N) is 2. The van der Waals surface area contributed by atoms with E-state index in [0.29, 0.717) is 10.7 Å². The third-order valence-corrected chi connectivity index (χ3v) is 1.38. The van der Waals surface area contributed by atoms with Gasteiger partial charge in [-0.05, 0) is 37.6 Å². The molecule has 0 aromatic carbocycles. The van der Waals surface area contributed by atoms with Gasteiger partial charge in [0.2, 0.25) is 0 Å². The standard InChI is InChI=1S/C6H14Cl2N2O/c1-9(2)5-3-4-6-11-10(7)8/h3-6H2,1-2H3. The zero-order valence-electron chi connectivity index (χ0n) is 6.89. The molecule has 0 aromatic heterocycles. The number of rotatable bonds is 6. The van der Waals surface area contributed by atoms with Crippen LogP contribution < -0.4 is 0 Å². The number of hydrogen-bond donors (Lipinski definition) is 0. The second kappa shape index (κ2) is 7.13. The average molecular weight is 201 g/mol. The summed E-state index contributed by atoms with van der Waals surface area (Å²) in [7, 11) is 4.08. The van der Waals surface area contributed by atoms with Crippen molar-refractivity contribution in [2.24, 2.45) is 0 Å². The van der Waals surface area contributed by atoms with E-state index < -0.39 is 0 Å². The Hall–Kier alpha value is 0.460. The summed E-state index contributed by atoms with van der Waals surface area (Å²) in [5.74, 6) is 0. The first kappa shape index (κ1) is 11.5. The van der Waals surface area contributed by atoms with Crippen molar-refractivity contribution in [1.82, 2.24) is 9.00 Å². The fraction of sp³-hybridized carbons (Fsp3) is 1.00. The largest absolute Gasteiger partial charge is 0.309 e. The van der Waals surface area contributed by atoms with E-state index in [1.165, 1.54) is 0 Å². The molecule has 0 unspecified atom stereocenters. The van der Waals surface area contributed by atoms with Crippen molar-refractivity contribution in [2.75, 3.05) is 27.2 Å². The summed E-state index contributed by atoms with van der Waals surface area (Å²) in [4.78, 5) is 6.89. The molecule has 0 atom stereocenters. The Bertz CT molecular complexity index is 80.7. The predicted octanol–water partition coefficient (Wildman–Crippen LogP) is 1.87. The molecule has 0 rings (SSSR count). The van der Waals surface area contributed by atoms with Gasteiger partial charge < -0.3 is 4.90 Å². The second-order valence-corrected chi connectivity index (χ2v) is 3.33. The highest BCUT2D eigenvalue weighted by molar-refractivity contribution is 6.32. The van der Waals surface area contributed by atoms with E-state index in [1.807, 2.05) is 14.1 Å². The van der Waals surface area contributed by atoms with Crippen molar-refractivity contribution in [3.05, 3.63) is 0 Å². The van der Waals surface area contributed by atoms with E-state index in [1.54, 1.807) is 0 Å². The maximum Gasteiger partial charge on any atom is 0.0715 e. The van der Waals surface area contributed by atoms with E-state index in [0.717, 1.165) is 19.4 Å². The summed E-state index contributed by atoms with van der Waals surface area (Å²) >= 11 is 10.4. The quantitative estimate of drug-likeness (QED) is 0.370. The third-order valence-electron chi connectivity index (χ3n) is 1.19. The van der Waals surface area contributed by atoms with Gasteiger partial charge in [-0.2, -0.15) is 0 Å². The molecule has 0 aliphatic carbocycles. The normalized spacial score (nSPS) is 11.5. The van der Waals surface area contributed by atoms with Gasteiger partial charge in [-0.1, -0.05) is 0 Å². The van der Waals surface area contributed by atoms with E-state index in [-0.39, 0.29) is 0 Å². The van der Waals surface area contributed by atoms with Crippen molar-refractivity contribution in [3.8, 4) is 0 Å². The lowest BCUT2D eigenvalue weighted by Gasteiger charge is -2.09. The van der Waals surface area contributed by atoms with Crippen LogP contribution in [0.1, 0.15) is 12.8 Å². The molecule has 0 amide bonds. The highest BCUT2D eigenvalue weighted by atomic mass is 35.5. The molecule has 3 nitrogen and oxygen atoms in total. The van der Waals surface area contributed by atoms with Crippen molar-refractivity contribution in [1.29, 1.82) is 0 Å². The zero-order valence-corrected chi connectivity index (χ0v) is 8.40. The minimum Gasteiger partial charge on any atom is -0.309 e. The minimum absolute atomic E-state index is 0.570. The molecule has 0 bridgehead atoms. The van der Waals surface area contributed by atoms with Gasteiger partial charge in [0.25, 0.3) is 0 Å². The van der Waals surface area contributed by atoms with Crippen LogP contribution in [0.25, 0.3) is 0 Å². The van der Waals surface area contributed by atoms with Crippen LogP contribution in [0.5, 0.6) is 0 Å². The lowest BCUT2D eigenvalue weighted by atomic mass is 10.3. The van der Waals surface area contributed by atoms with Crippen molar-refractivity contribution in [2.45, 2.75) is 12.8 Å². The topological polar surface area (TPSA) is 15.7 Å². The Balaban J connectivity index is 2.91. The van der Waals surface area contributed by atoms with E-state index in [9.17, 15) is 0 Å². The van der Waals surface area contributed by atoms with Gasteiger partial charge in [0.1, 0.15) is 0 Å². The molecule has 0 N–H and O–H groups in total. The van der Waals surface area contributed by atoms with Crippen LogP contribution in [0.15, 0.2) is 0 Å². The molecule has 0 aliphatic heterocycles. The lowest BCUT2D eigenvalue weighted by Crippen LogP contribution is -2.13. The highest BCUT2D eigenvalue weighted by Gasteiger charge is 1.95. The Morgan fingerprint density at radius 1 is 1.18 bits per heavy atom. The van der Waals surface area contributed by atoms with Crippen molar-refractivity contribution < 1.29 is 4.84 Å². The molecule has 0 saturated heterocycles. The maximum absolute atomic E-state index is 5.19. The Labute approximate surface area is 78.0 Å². The first-order chi connectivity index (χ1) is 5.13. The molecule has 0 heterocycles. The van der Waals surface area contributed by atoms with Gasteiger partial charge in [0, 0.05) is 23.6 Å². The van der Waals surface area contributed by atoms with Crippen LogP contribution in [0, 0.1) is 0 Å². The second-order valence-electron chi connectivity index (χ2n) is 2.55. The average Bonchev–Trinajstić information content (AvgIpc) is 1.85. The fourth-order valence-electron chi connectivity index (χ4n) is 0.664. The van der Waals surface area contributed by atoms with Crippen LogP contribution in [-0.4, -0.2) is 36.2 Å². The molecule has 68 valence electrons. The summed E-state index contributed by atoms with van der Waals surface area (Å²) in [6, 6.07) is 0. The summed E-state index contributed by atoms with van der Waals surface area (Å²) in [5.41, 5.74) is 0. The smallest absolute Gasteiger partial charge is 0.0715 e. The van der Waals surface area contributed by atoms with Crippen LogP contribution >= 0.6 is 23.6 Å². The zero-order chi connectivity index (χ0) is 8.69. The molecule has 0 aliphatic rings. The molecule has 0 saturated carbocycles.